The third-order valence-electron chi connectivity index (χ3n) is 5.12. The van der Waals surface area contributed by atoms with Crippen LogP contribution in [0.5, 0.6) is 0 Å². The molecule has 4 aromatic rings. The first-order valence-electron chi connectivity index (χ1n) is 8.76. The summed E-state index contributed by atoms with van der Waals surface area (Å²) in [7, 11) is 0. The molecule has 1 aromatic carbocycles. The first-order valence-corrected chi connectivity index (χ1v) is 8.76. The number of hydrogen-bond donors (Lipinski definition) is 1. The van der Waals surface area contributed by atoms with Gasteiger partial charge in [0.1, 0.15) is 5.82 Å². The van der Waals surface area contributed by atoms with Gasteiger partial charge in [-0.1, -0.05) is 0 Å². The van der Waals surface area contributed by atoms with Crippen molar-refractivity contribution < 1.29 is 0 Å². The van der Waals surface area contributed by atoms with Crippen LogP contribution >= 0.6 is 0 Å². The Labute approximate surface area is 149 Å². The van der Waals surface area contributed by atoms with Gasteiger partial charge >= 0.3 is 0 Å². The van der Waals surface area contributed by atoms with Crippen molar-refractivity contribution in [3.8, 4) is 6.07 Å². The Morgan fingerprint density at radius 1 is 1.15 bits per heavy atom. The minimum absolute atomic E-state index is 0.301. The number of nitrogens with zero attached hydrogens (tertiary/aromatic N) is 6. The van der Waals surface area contributed by atoms with Gasteiger partial charge in [-0.25, -0.2) is 4.98 Å². The predicted octanol–water partition coefficient (Wildman–Crippen LogP) is 2.86. The Hall–Kier alpha value is -3.40. The van der Waals surface area contributed by atoms with E-state index in [1.165, 1.54) is 0 Å². The molecule has 3 aromatic heterocycles. The van der Waals surface area contributed by atoms with Crippen molar-refractivity contribution in [2.24, 2.45) is 0 Å². The van der Waals surface area contributed by atoms with Crippen molar-refractivity contribution in [1.29, 1.82) is 5.26 Å². The van der Waals surface area contributed by atoms with Gasteiger partial charge in [0.2, 0.25) is 0 Å². The van der Waals surface area contributed by atoms with Crippen LogP contribution in [-0.4, -0.2) is 37.7 Å². The Morgan fingerprint density at radius 3 is 2.88 bits per heavy atom. The smallest absolute Gasteiger partial charge is 0.179 e. The number of benzene rings is 1. The first-order chi connectivity index (χ1) is 12.8. The Bertz CT molecular complexity index is 1120. The third kappa shape index (κ3) is 2.30. The van der Waals surface area contributed by atoms with Gasteiger partial charge in [-0.05, 0) is 43.2 Å². The zero-order valence-electron chi connectivity index (χ0n) is 14.1. The molecule has 0 aliphatic carbocycles. The van der Waals surface area contributed by atoms with E-state index in [1.807, 2.05) is 36.5 Å². The average Bonchev–Trinajstić information content (AvgIpc) is 3.34. The highest BCUT2D eigenvalue weighted by molar-refractivity contribution is 5.74. The van der Waals surface area contributed by atoms with Gasteiger partial charge in [0.25, 0.3) is 0 Å². The van der Waals surface area contributed by atoms with E-state index in [0.717, 1.165) is 54.3 Å². The van der Waals surface area contributed by atoms with Crippen LogP contribution in [-0.2, 0) is 0 Å². The number of anilines is 1. The maximum atomic E-state index is 8.99. The molecule has 0 bridgehead atoms. The van der Waals surface area contributed by atoms with Crippen molar-refractivity contribution in [2.75, 3.05) is 18.0 Å². The number of nitrogens with one attached hydrogen (secondary N) is 1. The van der Waals surface area contributed by atoms with Crippen LogP contribution in [0.3, 0.4) is 0 Å². The topological polar surface area (TPSA) is 85.9 Å². The zero-order valence-corrected chi connectivity index (χ0v) is 14.1. The maximum Gasteiger partial charge on any atom is 0.179 e. The van der Waals surface area contributed by atoms with Gasteiger partial charge < -0.3 is 9.88 Å². The molecular weight excluding hydrogens is 326 g/mol. The fourth-order valence-electron chi connectivity index (χ4n) is 3.83. The Morgan fingerprint density at radius 2 is 2.04 bits per heavy atom. The summed E-state index contributed by atoms with van der Waals surface area (Å²) >= 11 is 0. The van der Waals surface area contributed by atoms with Crippen LogP contribution in [0.1, 0.15) is 30.1 Å². The van der Waals surface area contributed by atoms with Gasteiger partial charge in [0, 0.05) is 30.9 Å². The summed E-state index contributed by atoms with van der Waals surface area (Å²) in [5.41, 5.74) is 4.47. The van der Waals surface area contributed by atoms with E-state index in [1.54, 1.807) is 6.20 Å². The van der Waals surface area contributed by atoms with Crippen LogP contribution in [0.4, 0.5) is 5.69 Å². The summed E-state index contributed by atoms with van der Waals surface area (Å²) in [4.78, 5) is 9.91. The van der Waals surface area contributed by atoms with Gasteiger partial charge in [-0.2, -0.15) is 5.26 Å². The van der Waals surface area contributed by atoms with E-state index in [2.05, 4.69) is 35.5 Å². The van der Waals surface area contributed by atoms with Crippen LogP contribution in [0.25, 0.3) is 16.8 Å². The van der Waals surface area contributed by atoms with Crippen LogP contribution in [0, 0.1) is 11.3 Å². The van der Waals surface area contributed by atoms with E-state index in [9.17, 15) is 0 Å². The molecule has 1 N–H and O–H groups in total. The van der Waals surface area contributed by atoms with Crippen LogP contribution in [0.2, 0.25) is 0 Å². The summed E-state index contributed by atoms with van der Waals surface area (Å²) in [5, 5.41) is 17.8. The number of piperidine rings is 1. The second-order valence-electron chi connectivity index (χ2n) is 6.67. The monoisotopic (exact) mass is 343 g/mol. The lowest BCUT2D eigenvalue weighted by atomic mass is 9.96. The van der Waals surface area contributed by atoms with Gasteiger partial charge in [-0.15, -0.1) is 10.2 Å². The number of H-pyrrole nitrogens is 1. The maximum absolute atomic E-state index is 8.99. The van der Waals surface area contributed by atoms with Crippen molar-refractivity contribution >= 4 is 22.5 Å². The summed E-state index contributed by atoms with van der Waals surface area (Å²) in [6.07, 6.45) is 5.84. The minimum Gasteiger partial charge on any atom is -0.371 e. The predicted molar refractivity (Wildman–Crippen MR) is 98.0 cm³/mol. The molecule has 1 saturated heterocycles. The highest BCUT2D eigenvalue weighted by Gasteiger charge is 2.26. The average molecular weight is 343 g/mol. The summed E-state index contributed by atoms with van der Waals surface area (Å²) in [6, 6.07) is 12.0. The number of aromatic nitrogens is 5. The Kier molecular flexibility index (Phi) is 3.35. The van der Waals surface area contributed by atoms with Crippen molar-refractivity contribution in [2.45, 2.75) is 18.8 Å². The normalized spacial score (nSPS) is 17.7. The van der Waals surface area contributed by atoms with E-state index >= 15 is 0 Å². The Balaban J connectivity index is 1.51. The molecule has 1 fully saturated rings. The third-order valence-corrected chi connectivity index (χ3v) is 5.12. The summed E-state index contributed by atoms with van der Waals surface area (Å²) in [5.74, 6) is 1.29. The van der Waals surface area contributed by atoms with Crippen molar-refractivity contribution in [1.82, 2.24) is 24.6 Å². The molecule has 0 radical (unpaired) electrons. The van der Waals surface area contributed by atoms with Crippen molar-refractivity contribution in [3.05, 3.63) is 54.1 Å². The van der Waals surface area contributed by atoms with E-state index in [4.69, 9.17) is 5.26 Å². The number of fused-ring (bicyclic) bond motifs is 3. The SMILES string of the molecule is N#Cc1ccc(N2CCCC(c3nnc4cnc5[nH]ccc5n34)C2)cc1. The second kappa shape index (κ2) is 5.85. The second-order valence-corrected chi connectivity index (χ2v) is 6.67. The van der Waals surface area contributed by atoms with Crippen LogP contribution in [0.15, 0.2) is 42.7 Å². The van der Waals surface area contributed by atoms with Gasteiger partial charge in [-0.3, -0.25) is 4.40 Å². The first kappa shape index (κ1) is 14.9. The molecule has 0 spiro atoms. The van der Waals surface area contributed by atoms with Gasteiger partial charge in [0.05, 0.1) is 23.3 Å². The van der Waals surface area contributed by atoms with Crippen LogP contribution < -0.4 is 4.90 Å². The zero-order chi connectivity index (χ0) is 17.5. The number of aromatic amines is 1. The number of rotatable bonds is 2. The van der Waals surface area contributed by atoms with Crippen molar-refractivity contribution in [3.63, 3.8) is 0 Å². The summed E-state index contributed by atoms with van der Waals surface area (Å²) in [6.45, 7) is 1.90. The van der Waals surface area contributed by atoms with Gasteiger partial charge in [0.15, 0.2) is 11.3 Å². The lowest BCUT2D eigenvalue weighted by Crippen LogP contribution is -2.35. The van der Waals surface area contributed by atoms with E-state index in [0.29, 0.717) is 11.5 Å². The molecule has 1 aliphatic heterocycles. The minimum atomic E-state index is 0.301. The molecular formula is C19H17N7. The molecule has 1 aliphatic rings. The van der Waals surface area contributed by atoms with E-state index < -0.39 is 0 Å². The molecule has 26 heavy (non-hydrogen) atoms. The molecule has 7 heteroatoms. The van der Waals surface area contributed by atoms with E-state index in [-0.39, 0.29) is 0 Å². The molecule has 128 valence electrons. The molecule has 5 rings (SSSR count). The number of hydrogen-bond acceptors (Lipinski definition) is 5. The highest BCUT2D eigenvalue weighted by atomic mass is 15.3. The lowest BCUT2D eigenvalue weighted by Gasteiger charge is -2.33. The fraction of sp³-hybridized carbons (Fsp3) is 0.263. The molecule has 4 heterocycles. The number of nitriles is 1. The summed E-state index contributed by atoms with van der Waals surface area (Å²) < 4.78 is 2.12. The standard InChI is InChI=1S/C19H17N7/c20-10-13-3-5-15(6-4-13)25-9-1-2-14(12-25)19-24-23-17-11-22-18-16(26(17)19)7-8-21-18/h3-8,11,14,21H,1-2,9,12H2. The molecule has 0 saturated carbocycles. The highest BCUT2D eigenvalue weighted by Crippen LogP contribution is 2.30. The molecule has 0 amide bonds. The lowest BCUT2D eigenvalue weighted by molar-refractivity contribution is 0.489. The fourth-order valence-corrected chi connectivity index (χ4v) is 3.83. The molecule has 7 nitrogen and oxygen atoms in total. The molecule has 1 unspecified atom stereocenters. The molecule has 1 atom stereocenters. The largest absolute Gasteiger partial charge is 0.371 e. The quantitative estimate of drug-likeness (QED) is 0.605.